The quantitative estimate of drug-likeness (QED) is 0.673. The van der Waals surface area contributed by atoms with Crippen LogP contribution in [0.1, 0.15) is 5.69 Å². The second-order valence-corrected chi connectivity index (χ2v) is 3.27. The van der Waals surface area contributed by atoms with Gasteiger partial charge >= 0.3 is 0 Å². The van der Waals surface area contributed by atoms with Crippen LogP contribution in [0.5, 0.6) is 0 Å². The molecule has 1 heterocycles. The van der Waals surface area contributed by atoms with E-state index in [9.17, 15) is 9.59 Å². The van der Waals surface area contributed by atoms with E-state index in [4.69, 9.17) is 0 Å². The highest BCUT2D eigenvalue weighted by atomic mass is 16.1. The van der Waals surface area contributed by atoms with Crippen molar-refractivity contribution in [2.45, 2.75) is 6.42 Å². The molecular formula is C12H9NO2. The predicted molar refractivity (Wildman–Crippen MR) is 55.2 cm³/mol. The van der Waals surface area contributed by atoms with E-state index in [1.807, 2.05) is 18.2 Å². The van der Waals surface area contributed by atoms with Crippen molar-refractivity contribution in [3.63, 3.8) is 0 Å². The molecule has 15 heavy (non-hydrogen) atoms. The molecule has 3 heteroatoms. The number of carbonyl (C=O) groups excluding carboxylic acids is 2. The van der Waals surface area contributed by atoms with Crippen LogP contribution in [0.3, 0.4) is 0 Å². The minimum Gasteiger partial charge on any atom is -0.290 e. The van der Waals surface area contributed by atoms with Crippen molar-refractivity contribution < 1.29 is 9.59 Å². The molecule has 2 rings (SSSR count). The summed E-state index contributed by atoms with van der Waals surface area (Å²) in [5, 5.41) is 0. The first kappa shape index (κ1) is 9.52. The summed E-state index contributed by atoms with van der Waals surface area (Å²) in [7, 11) is 0. The number of hydrogen-bond donors (Lipinski definition) is 0. The van der Waals surface area contributed by atoms with E-state index in [1.165, 1.54) is 18.2 Å². The summed E-state index contributed by atoms with van der Waals surface area (Å²) in [6.45, 7) is 0. The van der Waals surface area contributed by atoms with Crippen molar-refractivity contribution in [2.75, 3.05) is 0 Å². The van der Waals surface area contributed by atoms with Gasteiger partial charge in [-0.1, -0.05) is 6.07 Å². The Hall–Kier alpha value is -2.03. The average Bonchev–Trinajstić information content (AvgIpc) is 2.25. The average molecular weight is 199 g/mol. The summed E-state index contributed by atoms with van der Waals surface area (Å²) in [6, 6.07) is 5.50. The van der Waals surface area contributed by atoms with E-state index in [1.54, 1.807) is 6.20 Å². The van der Waals surface area contributed by atoms with Crippen molar-refractivity contribution in [3.8, 4) is 0 Å². The van der Waals surface area contributed by atoms with E-state index < -0.39 is 0 Å². The van der Waals surface area contributed by atoms with E-state index in [0.29, 0.717) is 12.0 Å². The van der Waals surface area contributed by atoms with Crippen molar-refractivity contribution in [3.05, 3.63) is 53.9 Å². The fourth-order valence-corrected chi connectivity index (χ4v) is 1.39. The van der Waals surface area contributed by atoms with Gasteiger partial charge in [0, 0.05) is 23.9 Å². The second kappa shape index (κ2) is 4.00. The van der Waals surface area contributed by atoms with Crippen LogP contribution >= 0.6 is 0 Å². The molecule has 74 valence electrons. The summed E-state index contributed by atoms with van der Waals surface area (Å²) in [6.07, 6.45) is 6.04. The smallest absolute Gasteiger partial charge is 0.182 e. The van der Waals surface area contributed by atoms with Gasteiger partial charge in [-0.15, -0.1) is 0 Å². The molecule has 0 aliphatic heterocycles. The second-order valence-electron chi connectivity index (χ2n) is 3.27. The van der Waals surface area contributed by atoms with Crippen LogP contribution in [0.2, 0.25) is 0 Å². The van der Waals surface area contributed by atoms with Gasteiger partial charge in [-0.2, -0.15) is 0 Å². The molecule has 1 aliphatic carbocycles. The van der Waals surface area contributed by atoms with Crippen LogP contribution in [0.4, 0.5) is 0 Å². The molecule has 3 nitrogen and oxygen atoms in total. The van der Waals surface area contributed by atoms with Gasteiger partial charge in [-0.05, 0) is 30.4 Å². The molecule has 1 aromatic rings. The number of hydrogen-bond acceptors (Lipinski definition) is 3. The lowest BCUT2D eigenvalue weighted by Gasteiger charge is -2.05. The lowest BCUT2D eigenvalue weighted by Crippen LogP contribution is -2.10. The van der Waals surface area contributed by atoms with E-state index >= 15 is 0 Å². The van der Waals surface area contributed by atoms with Crippen molar-refractivity contribution in [1.29, 1.82) is 0 Å². The summed E-state index contributed by atoms with van der Waals surface area (Å²) in [5.41, 5.74) is 1.29. The Bertz CT molecular complexity index is 458. The first-order chi connectivity index (χ1) is 7.25. The van der Waals surface area contributed by atoms with Gasteiger partial charge in [-0.25, -0.2) is 0 Å². The Balaban J connectivity index is 2.19. The van der Waals surface area contributed by atoms with E-state index in [0.717, 1.165) is 5.69 Å². The SMILES string of the molecule is O=C1C=CC(=O)C(Cc2ccccn2)=C1. The molecule has 0 saturated heterocycles. The molecule has 0 spiro atoms. The Labute approximate surface area is 87.1 Å². The number of nitrogens with zero attached hydrogens (tertiary/aromatic N) is 1. The van der Waals surface area contributed by atoms with Crippen molar-refractivity contribution in [2.24, 2.45) is 0 Å². The predicted octanol–water partition coefficient (Wildman–Crippen LogP) is 1.26. The third-order valence-electron chi connectivity index (χ3n) is 2.13. The van der Waals surface area contributed by atoms with Gasteiger partial charge in [0.15, 0.2) is 11.6 Å². The Morgan fingerprint density at radius 2 is 2.00 bits per heavy atom. The summed E-state index contributed by atoms with van der Waals surface area (Å²) < 4.78 is 0. The zero-order valence-corrected chi connectivity index (χ0v) is 8.01. The minimum absolute atomic E-state index is 0.111. The summed E-state index contributed by atoms with van der Waals surface area (Å²) in [5.74, 6) is -0.249. The zero-order valence-electron chi connectivity index (χ0n) is 8.01. The van der Waals surface area contributed by atoms with Gasteiger partial charge < -0.3 is 0 Å². The van der Waals surface area contributed by atoms with Crippen LogP contribution in [0.15, 0.2) is 48.2 Å². The lowest BCUT2D eigenvalue weighted by molar-refractivity contribution is -0.114. The number of carbonyl (C=O) groups is 2. The molecule has 0 saturated carbocycles. The van der Waals surface area contributed by atoms with Gasteiger partial charge in [0.05, 0.1) is 0 Å². The van der Waals surface area contributed by atoms with Crippen molar-refractivity contribution in [1.82, 2.24) is 4.98 Å². The Morgan fingerprint density at radius 1 is 1.13 bits per heavy atom. The molecule has 0 radical (unpaired) electrons. The maximum atomic E-state index is 11.4. The zero-order chi connectivity index (χ0) is 10.7. The largest absolute Gasteiger partial charge is 0.290 e. The molecule has 0 aromatic carbocycles. The lowest BCUT2D eigenvalue weighted by atomic mass is 9.99. The molecular weight excluding hydrogens is 190 g/mol. The minimum atomic E-state index is -0.138. The number of aromatic nitrogens is 1. The fourth-order valence-electron chi connectivity index (χ4n) is 1.39. The molecule has 0 fully saturated rings. The third kappa shape index (κ3) is 2.26. The molecule has 0 bridgehead atoms. The maximum Gasteiger partial charge on any atom is 0.182 e. The number of rotatable bonds is 2. The summed E-state index contributed by atoms with van der Waals surface area (Å²) in [4.78, 5) is 26.6. The monoisotopic (exact) mass is 199 g/mol. The molecule has 1 aromatic heterocycles. The fraction of sp³-hybridized carbons (Fsp3) is 0.0833. The van der Waals surface area contributed by atoms with Crippen LogP contribution < -0.4 is 0 Å². The van der Waals surface area contributed by atoms with Crippen molar-refractivity contribution >= 4 is 11.6 Å². The molecule has 1 aliphatic rings. The number of pyridine rings is 1. The molecule has 0 unspecified atom stereocenters. The summed E-state index contributed by atoms with van der Waals surface area (Å²) >= 11 is 0. The highest BCUT2D eigenvalue weighted by molar-refractivity contribution is 6.17. The van der Waals surface area contributed by atoms with Gasteiger partial charge in [0.2, 0.25) is 0 Å². The Morgan fingerprint density at radius 3 is 2.73 bits per heavy atom. The molecule has 0 amide bonds. The number of allylic oxidation sites excluding steroid dienone is 4. The maximum absolute atomic E-state index is 11.4. The van der Waals surface area contributed by atoms with E-state index in [-0.39, 0.29) is 11.6 Å². The van der Waals surface area contributed by atoms with Crippen LogP contribution in [0.25, 0.3) is 0 Å². The normalized spacial score (nSPS) is 15.3. The molecule has 0 N–H and O–H groups in total. The van der Waals surface area contributed by atoms with Gasteiger partial charge in [0.1, 0.15) is 0 Å². The van der Waals surface area contributed by atoms with Gasteiger partial charge in [-0.3, -0.25) is 14.6 Å². The molecule has 0 atom stereocenters. The topological polar surface area (TPSA) is 47.0 Å². The number of ketones is 2. The first-order valence-electron chi connectivity index (χ1n) is 4.62. The van der Waals surface area contributed by atoms with E-state index in [2.05, 4.69) is 4.98 Å². The van der Waals surface area contributed by atoms with Crippen LogP contribution in [-0.2, 0) is 16.0 Å². The van der Waals surface area contributed by atoms with Gasteiger partial charge in [0.25, 0.3) is 0 Å². The third-order valence-corrected chi connectivity index (χ3v) is 2.13. The highest BCUT2D eigenvalue weighted by Gasteiger charge is 2.13. The standard InChI is InChI=1S/C12H9NO2/c14-11-4-5-12(15)9(8-11)7-10-3-1-2-6-13-10/h1-6,8H,7H2. The van der Waals surface area contributed by atoms with Crippen LogP contribution in [0, 0.1) is 0 Å². The van der Waals surface area contributed by atoms with Crippen LogP contribution in [-0.4, -0.2) is 16.6 Å². The first-order valence-corrected chi connectivity index (χ1v) is 4.62. The highest BCUT2D eigenvalue weighted by Crippen LogP contribution is 2.10. The Kier molecular flexibility index (Phi) is 2.54.